The van der Waals surface area contributed by atoms with E-state index in [1.54, 1.807) is 10.7 Å². The molecule has 0 aromatic carbocycles. The molecular weight excluding hydrogens is 214 g/mol. The monoisotopic (exact) mass is 231 g/mol. The number of nitrogens with zero attached hydrogens (tertiary/aromatic N) is 4. The Labute approximate surface area is 100 Å². The van der Waals surface area contributed by atoms with Gasteiger partial charge in [-0.2, -0.15) is 9.61 Å². The summed E-state index contributed by atoms with van der Waals surface area (Å²) in [7, 11) is 0. The highest BCUT2D eigenvalue weighted by Crippen LogP contribution is 2.36. The summed E-state index contributed by atoms with van der Waals surface area (Å²) >= 11 is 0. The topological polar surface area (TPSA) is 69.1 Å². The second kappa shape index (κ2) is 3.77. The van der Waals surface area contributed by atoms with E-state index in [1.165, 1.54) is 6.42 Å². The standard InChI is InChI=1S/C12H17N5/c1-9-4-2-6-12(13,8-9)11-16-15-10-5-3-7-14-17(10)11/h3,5,7,9H,2,4,6,8,13H2,1H3. The molecule has 0 radical (unpaired) electrons. The molecule has 0 spiro atoms. The first-order chi connectivity index (χ1) is 8.19. The average Bonchev–Trinajstić information content (AvgIpc) is 2.72. The van der Waals surface area contributed by atoms with E-state index < -0.39 is 0 Å². The van der Waals surface area contributed by atoms with Crippen LogP contribution < -0.4 is 5.73 Å². The van der Waals surface area contributed by atoms with Crippen LogP contribution in [0.1, 0.15) is 38.4 Å². The van der Waals surface area contributed by atoms with Gasteiger partial charge in [0.1, 0.15) is 0 Å². The second-order valence-electron chi connectivity index (χ2n) is 5.17. The van der Waals surface area contributed by atoms with Crippen molar-refractivity contribution in [2.24, 2.45) is 11.7 Å². The molecule has 1 saturated carbocycles. The molecule has 0 bridgehead atoms. The Morgan fingerprint density at radius 2 is 2.35 bits per heavy atom. The average molecular weight is 231 g/mol. The van der Waals surface area contributed by atoms with E-state index in [4.69, 9.17) is 5.73 Å². The molecular formula is C12H17N5. The van der Waals surface area contributed by atoms with Crippen molar-refractivity contribution < 1.29 is 0 Å². The second-order valence-corrected chi connectivity index (χ2v) is 5.17. The van der Waals surface area contributed by atoms with Gasteiger partial charge in [0.25, 0.3) is 0 Å². The van der Waals surface area contributed by atoms with Crippen LogP contribution in [0.15, 0.2) is 18.3 Å². The summed E-state index contributed by atoms with van der Waals surface area (Å²) in [6.07, 6.45) is 6.08. The summed E-state index contributed by atoms with van der Waals surface area (Å²) in [4.78, 5) is 0. The summed E-state index contributed by atoms with van der Waals surface area (Å²) in [6.45, 7) is 2.25. The van der Waals surface area contributed by atoms with Gasteiger partial charge in [0.05, 0.1) is 5.54 Å². The summed E-state index contributed by atoms with van der Waals surface area (Å²) in [5.41, 5.74) is 6.92. The predicted octanol–water partition coefficient (Wildman–Crippen LogP) is 1.49. The van der Waals surface area contributed by atoms with Gasteiger partial charge >= 0.3 is 0 Å². The highest BCUT2D eigenvalue weighted by Gasteiger charge is 2.37. The van der Waals surface area contributed by atoms with Crippen molar-refractivity contribution in [3.8, 4) is 0 Å². The van der Waals surface area contributed by atoms with Gasteiger partial charge < -0.3 is 5.73 Å². The molecule has 2 aromatic rings. The maximum absolute atomic E-state index is 6.52. The van der Waals surface area contributed by atoms with Crippen LogP contribution in [0.2, 0.25) is 0 Å². The maximum Gasteiger partial charge on any atom is 0.177 e. The van der Waals surface area contributed by atoms with E-state index in [2.05, 4.69) is 22.2 Å². The van der Waals surface area contributed by atoms with Gasteiger partial charge in [0.2, 0.25) is 0 Å². The van der Waals surface area contributed by atoms with Crippen LogP contribution in [-0.4, -0.2) is 19.8 Å². The molecule has 2 aromatic heterocycles. The molecule has 2 N–H and O–H groups in total. The fourth-order valence-corrected chi connectivity index (χ4v) is 2.85. The van der Waals surface area contributed by atoms with Gasteiger partial charge in [0.15, 0.2) is 11.5 Å². The van der Waals surface area contributed by atoms with Crippen LogP contribution in [0.5, 0.6) is 0 Å². The highest BCUT2D eigenvalue weighted by molar-refractivity contribution is 5.36. The predicted molar refractivity (Wildman–Crippen MR) is 64.3 cm³/mol. The normalized spacial score (nSPS) is 29.6. The van der Waals surface area contributed by atoms with Crippen molar-refractivity contribution >= 4 is 5.65 Å². The van der Waals surface area contributed by atoms with Crippen LogP contribution in [0.4, 0.5) is 0 Å². The summed E-state index contributed by atoms with van der Waals surface area (Å²) in [5.74, 6) is 1.45. The number of nitrogens with two attached hydrogens (primary N) is 1. The Bertz CT molecular complexity index is 534. The lowest BCUT2D eigenvalue weighted by Gasteiger charge is -2.34. The van der Waals surface area contributed by atoms with Crippen LogP contribution in [0.3, 0.4) is 0 Å². The zero-order chi connectivity index (χ0) is 11.9. The largest absolute Gasteiger partial charge is 0.319 e. The first-order valence-electron chi connectivity index (χ1n) is 6.15. The molecule has 2 heterocycles. The van der Waals surface area contributed by atoms with Crippen molar-refractivity contribution in [2.75, 3.05) is 0 Å². The van der Waals surface area contributed by atoms with Gasteiger partial charge in [-0.05, 0) is 30.9 Å². The van der Waals surface area contributed by atoms with Crippen molar-refractivity contribution in [1.29, 1.82) is 0 Å². The fourth-order valence-electron chi connectivity index (χ4n) is 2.85. The SMILES string of the molecule is CC1CCCC(N)(c2nnc3cccnn23)C1. The van der Waals surface area contributed by atoms with Crippen LogP contribution in [0.25, 0.3) is 5.65 Å². The molecule has 1 aliphatic rings. The van der Waals surface area contributed by atoms with Crippen molar-refractivity contribution in [3.63, 3.8) is 0 Å². The molecule has 0 aliphatic heterocycles. The lowest BCUT2D eigenvalue weighted by atomic mass is 9.76. The molecule has 3 rings (SSSR count). The molecule has 90 valence electrons. The number of aromatic nitrogens is 4. The van der Waals surface area contributed by atoms with Gasteiger partial charge in [-0.3, -0.25) is 0 Å². The first-order valence-corrected chi connectivity index (χ1v) is 6.15. The quantitative estimate of drug-likeness (QED) is 0.807. The number of fused-ring (bicyclic) bond motifs is 1. The van der Waals surface area contributed by atoms with E-state index >= 15 is 0 Å². The van der Waals surface area contributed by atoms with E-state index in [9.17, 15) is 0 Å². The number of hydrogen-bond donors (Lipinski definition) is 1. The lowest BCUT2D eigenvalue weighted by molar-refractivity contribution is 0.225. The molecule has 1 aliphatic carbocycles. The molecule has 5 nitrogen and oxygen atoms in total. The van der Waals surface area contributed by atoms with Crippen molar-refractivity contribution in [1.82, 2.24) is 19.8 Å². The third-order valence-corrected chi connectivity index (χ3v) is 3.66. The van der Waals surface area contributed by atoms with Gasteiger partial charge in [-0.1, -0.05) is 19.8 Å². The van der Waals surface area contributed by atoms with Crippen LogP contribution >= 0.6 is 0 Å². The Hall–Kier alpha value is -1.49. The Balaban J connectivity index is 2.08. The minimum Gasteiger partial charge on any atom is -0.319 e. The van der Waals surface area contributed by atoms with Crippen LogP contribution in [-0.2, 0) is 5.54 Å². The summed E-state index contributed by atoms with van der Waals surface area (Å²) < 4.78 is 1.78. The summed E-state index contributed by atoms with van der Waals surface area (Å²) in [6, 6.07) is 3.76. The van der Waals surface area contributed by atoms with Crippen molar-refractivity contribution in [2.45, 2.75) is 38.1 Å². The third-order valence-electron chi connectivity index (χ3n) is 3.66. The fraction of sp³-hybridized carbons (Fsp3) is 0.583. The molecule has 2 atom stereocenters. The van der Waals surface area contributed by atoms with Gasteiger partial charge in [-0.25, -0.2) is 0 Å². The maximum atomic E-state index is 6.52. The third kappa shape index (κ3) is 1.70. The van der Waals surface area contributed by atoms with E-state index in [0.717, 1.165) is 30.7 Å². The minimum absolute atomic E-state index is 0.370. The zero-order valence-corrected chi connectivity index (χ0v) is 10.0. The van der Waals surface area contributed by atoms with Gasteiger partial charge in [-0.15, -0.1) is 10.2 Å². The Morgan fingerprint density at radius 1 is 1.47 bits per heavy atom. The van der Waals surface area contributed by atoms with Crippen LogP contribution in [0, 0.1) is 5.92 Å². The lowest BCUT2D eigenvalue weighted by Crippen LogP contribution is -2.42. The molecule has 2 unspecified atom stereocenters. The molecule has 5 heteroatoms. The Morgan fingerprint density at radius 3 is 3.18 bits per heavy atom. The first kappa shape index (κ1) is 10.7. The Kier molecular flexibility index (Phi) is 2.36. The zero-order valence-electron chi connectivity index (χ0n) is 10.0. The van der Waals surface area contributed by atoms with E-state index in [0.29, 0.717) is 5.92 Å². The number of rotatable bonds is 1. The molecule has 17 heavy (non-hydrogen) atoms. The smallest absolute Gasteiger partial charge is 0.177 e. The highest BCUT2D eigenvalue weighted by atomic mass is 15.4. The molecule has 0 amide bonds. The van der Waals surface area contributed by atoms with Gasteiger partial charge in [0, 0.05) is 6.20 Å². The summed E-state index contributed by atoms with van der Waals surface area (Å²) in [5, 5.41) is 12.7. The van der Waals surface area contributed by atoms with E-state index in [-0.39, 0.29) is 5.54 Å². The molecule has 1 fully saturated rings. The minimum atomic E-state index is -0.370. The molecule has 0 saturated heterocycles. The van der Waals surface area contributed by atoms with Crippen molar-refractivity contribution in [3.05, 3.63) is 24.2 Å². The van der Waals surface area contributed by atoms with E-state index in [1.807, 2.05) is 12.1 Å². The number of hydrogen-bond acceptors (Lipinski definition) is 4.